The van der Waals surface area contributed by atoms with Crippen molar-refractivity contribution in [2.75, 3.05) is 19.4 Å². The number of carbonyl (C=O) groups is 2. The molecule has 0 fully saturated rings. The van der Waals surface area contributed by atoms with Gasteiger partial charge in [-0.25, -0.2) is 0 Å². The van der Waals surface area contributed by atoms with Crippen molar-refractivity contribution in [1.29, 1.82) is 0 Å². The number of hydrogen-bond donors (Lipinski definition) is 3. The van der Waals surface area contributed by atoms with E-state index in [4.69, 9.17) is 0 Å². The molecular weight excluding hydrogens is 264 g/mol. The molecule has 1 unspecified atom stereocenters. The second kappa shape index (κ2) is 6.50. The molecule has 3 N–H and O–H groups in total. The first kappa shape index (κ1) is 15.4. The van der Waals surface area contributed by atoms with Gasteiger partial charge in [-0.1, -0.05) is 0 Å². The monoisotopic (exact) mass is 280 g/mol. The summed E-state index contributed by atoms with van der Waals surface area (Å²) in [6, 6.07) is 3.16. The summed E-state index contributed by atoms with van der Waals surface area (Å²) in [5.41, 5.74) is 0.358. The van der Waals surface area contributed by atoms with Crippen LogP contribution in [0.15, 0.2) is 18.2 Å². The zero-order valence-corrected chi connectivity index (χ0v) is 11.4. The van der Waals surface area contributed by atoms with Gasteiger partial charge >= 0.3 is 0 Å². The van der Waals surface area contributed by atoms with E-state index in [2.05, 4.69) is 16.0 Å². The van der Waals surface area contributed by atoms with Crippen molar-refractivity contribution in [3.05, 3.63) is 33.9 Å². The van der Waals surface area contributed by atoms with Crippen molar-refractivity contribution in [2.24, 2.45) is 0 Å². The van der Waals surface area contributed by atoms with Gasteiger partial charge in [-0.3, -0.25) is 19.7 Å². The van der Waals surface area contributed by atoms with Gasteiger partial charge in [0.1, 0.15) is 6.04 Å². The molecule has 8 heteroatoms. The van der Waals surface area contributed by atoms with Crippen LogP contribution in [0.25, 0.3) is 0 Å². The molecule has 1 aromatic rings. The summed E-state index contributed by atoms with van der Waals surface area (Å²) in [4.78, 5) is 33.6. The molecule has 0 heterocycles. The standard InChI is InChI=1S/C12H16N4O4/c1-7(11(17)14-3)15-12(18)9-6-8(16(19)20)4-5-10(9)13-2/h4-7,13H,1-3H3,(H,14,17)(H,15,18). The fourth-order valence-electron chi connectivity index (χ4n) is 1.61. The Morgan fingerprint density at radius 1 is 1.30 bits per heavy atom. The fourth-order valence-corrected chi connectivity index (χ4v) is 1.61. The Labute approximate surface area is 115 Å². The number of amides is 2. The Hall–Kier alpha value is -2.64. The Bertz CT molecular complexity index is 544. The molecule has 0 radical (unpaired) electrons. The predicted octanol–water partition coefficient (Wildman–Crippen LogP) is 0.501. The van der Waals surface area contributed by atoms with Crippen molar-refractivity contribution in [2.45, 2.75) is 13.0 Å². The number of carbonyl (C=O) groups excluding carboxylic acids is 2. The zero-order chi connectivity index (χ0) is 15.3. The first-order valence-electron chi connectivity index (χ1n) is 5.89. The number of nitro benzene ring substituents is 1. The van der Waals surface area contributed by atoms with Crippen molar-refractivity contribution in [1.82, 2.24) is 10.6 Å². The van der Waals surface area contributed by atoms with E-state index in [9.17, 15) is 19.7 Å². The van der Waals surface area contributed by atoms with E-state index in [1.165, 1.54) is 26.1 Å². The highest BCUT2D eigenvalue weighted by Crippen LogP contribution is 2.21. The van der Waals surface area contributed by atoms with E-state index in [0.29, 0.717) is 5.69 Å². The Balaban J connectivity index is 3.04. The van der Waals surface area contributed by atoms with E-state index in [-0.39, 0.29) is 17.2 Å². The minimum Gasteiger partial charge on any atom is -0.387 e. The lowest BCUT2D eigenvalue weighted by atomic mass is 10.1. The molecule has 20 heavy (non-hydrogen) atoms. The van der Waals surface area contributed by atoms with Crippen LogP contribution in [-0.4, -0.2) is 36.9 Å². The number of anilines is 1. The predicted molar refractivity (Wildman–Crippen MR) is 73.6 cm³/mol. The summed E-state index contributed by atoms with van der Waals surface area (Å²) in [7, 11) is 3.05. The molecule has 0 aliphatic rings. The van der Waals surface area contributed by atoms with Crippen LogP contribution in [0.5, 0.6) is 0 Å². The van der Waals surface area contributed by atoms with Crippen molar-refractivity contribution < 1.29 is 14.5 Å². The molecule has 0 saturated heterocycles. The van der Waals surface area contributed by atoms with Crippen LogP contribution in [0, 0.1) is 10.1 Å². The number of non-ortho nitro benzene ring substituents is 1. The second-order valence-corrected chi connectivity index (χ2v) is 4.05. The quantitative estimate of drug-likeness (QED) is 0.537. The molecule has 0 saturated carbocycles. The molecular formula is C12H16N4O4. The molecule has 0 spiro atoms. The van der Waals surface area contributed by atoms with E-state index in [0.717, 1.165) is 6.07 Å². The summed E-state index contributed by atoms with van der Waals surface area (Å²) in [5.74, 6) is -0.913. The number of rotatable bonds is 5. The molecule has 108 valence electrons. The lowest BCUT2D eigenvalue weighted by Gasteiger charge is -2.14. The van der Waals surface area contributed by atoms with Gasteiger partial charge < -0.3 is 16.0 Å². The van der Waals surface area contributed by atoms with Crippen molar-refractivity contribution in [3.8, 4) is 0 Å². The minimum atomic E-state index is -0.739. The third-order valence-corrected chi connectivity index (χ3v) is 2.72. The normalized spacial score (nSPS) is 11.3. The molecule has 2 amide bonds. The van der Waals surface area contributed by atoms with Gasteiger partial charge in [0.2, 0.25) is 5.91 Å². The summed E-state index contributed by atoms with van der Waals surface area (Å²) in [6.07, 6.45) is 0. The minimum absolute atomic E-state index is 0.109. The van der Waals surface area contributed by atoms with Gasteiger partial charge in [0, 0.05) is 31.9 Å². The maximum atomic E-state index is 12.1. The maximum Gasteiger partial charge on any atom is 0.270 e. The van der Waals surface area contributed by atoms with Crippen molar-refractivity contribution >= 4 is 23.2 Å². The highest BCUT2D eigenvalue weighted by Gasteiger charge is 2.20. The molecule has 8 nitrogen and oxygen atoms in total. The number of likely N-dealkylation sites (N-methyl/N-ethyl adjacent to an activating group) is 1. The SMILES string of the molecule is CNC(=O)C(C)NC(=O)c1cc([N+](=O)[O-])ccc1NC. The summed E-state index contributed by atoms with van der Waals surface area (Å²) in [5, 5.41) is 18.4. The Morgan fingerprint density at radius 3 is 2.45 bits per heavy atom. The topological polar surface area (TPSA) is 113 Å². The van der Waals surface area contributed by atoms with E-state index in [1.54, 1.807) is 7.05 Å². The van der Waals surface area contributed by atoms with E-state index in [1.807, 2.05) is 0 Å². The third kappa shape index (κ3) is 3.44. The number of nitro groups is 1. The molecule has 0 aliphatic heterocycles. The van der Waals surface area contributed by atoms with Crippen LogP contribution in [-0.2, 0) is 4.79 Å². The number of benzene rings is 1. The molecule has 0 aliphatic carbocycles. The van der Waals surface area contributed by atoms with E-state index < -0.39 is 16.9 Å². The number of nitrogens with one attached hydrogen (secondary N) is 3. The van der Waals surface area contributed by atoms with Gasteiger partial charge in [-0.2, -0.15) is 0 Å². The Kier molecular flexibility index (Phi) is 5.01. The molecule has 1 rings (SSSR count). The summed E-state index contributed by atoms with van der Waals surface area (Å²) < 4.78 is 0. The van der Waals surface area contributed by atoms with Crippen molar-refractivity contribution in [3.63, 3.8) is 0 Å². The van der Waals surface area contributed by atoms with Crippen LogP contribution in [0.1, 0.15) is 17.3 Å². The molecule has 1 atom stereocenters. The highest BCUT2D eigenvalue weighted by molar-refractivity contribution is 6.02. The van der Waals surface area contributed by atoms with Gasteiger partial charge in [-0.05, 0) is 13.0 Å². The Morgan fingerprint density at radius 2 is 1.95 bits per heavy atom. The van der Waals surface area contributed by atoms with Gasteiger partial charge in [0.25, 0.3) is 11.6 Å². The first-order valence-corrected chi connectivity index (χ1v) is 5.89. The largest absolute Gasteiger partial charge is 0.387 e. The number of nitrogens with zero attached hydrogens (tertiary/aromatic N) is 1. The van der Waals surface area contributed by atoms with Crippen LogP contribution in [0.3, 0.4) is 0 Å². The molecule has 0 aromatic heterocycles. The highest BCUT2D eigenvalue weighted by atomic mass is 16.6. The lowest BCUT2D eigenvalue weighted by molar-refractivity contribution is -0.384. The molecule has 0 bridgehead atoms. The van der Waals surface area contributed by atoms with Crippen LogP contribution in [0.2, 0.25) is 0 Å². The second-order valence-electron chi connectivity index (χ2n) is 4.05. The van der Waals surface area contributed by atoms with Gasteiger partial charge in [0.15, 0.2) is 0 Å². The zero-order valence-electron chi connectivity index (χ0n) is 11.4. The lowest BCUT2D eigenvalue weighted by Crippen LogP contribution is -2.43. The third-order valence-electron chi connectivity index (χ3n) is 2.72. The fraction of sp³-hybridized carbons (Fsp3) is 0.333. The first-order chi connectivity index (χ1) is 9.40. The maximum absolute atomic E-state index is 12.1. The van der Waals surface area contributed by atoms with Gasteiger partial charge in [-0.15, -0.1) is 0 Å². The van der Waals surface area contributed by atoms with Gasteiger partial charge in [0.05, 0.1) is 10.5 Å². The van der Waals surface area contributed by atoms with E-state index >= 15 is 0 Å². The average Bonchev–Trinajstić information content (AvgIpc) is 2.45. The van der Waals surface area contributed by atoms with Crippen LogP contribution >= 0.6 is 0 Å². The number of hydrogen-bond acceptors (Lipinski definition) is 5. The van der Waals surface area contributed by atoms with Crippen LogP contribution < -0.4 is 16.0 Å². The molecule has 1 aromatic carbocycles. The van der Waals surface area contributed by atoms with Crippen LogP contribution in [0.4, 0.5) is 11.4 Å². The summed E-state index contributed by atoms with van der Waals surface area (Å²) in [6.45, 7) is 1.52. The summed E-state index contributed by atoms with van der Waals surface area (Å²) >= 11 is 0. The smallest absolute Gasteiger partial charge is 0.270 e. The average molecular weight is 280 g/mol.